The minimum Gasteiger partial charge on any atom is -0.507 e. The molecule has 1 aliphatic carbocycles. The van der Waals surface area contributed by atoms with Gasteiger partial charge in [0.05, 0.1) is 39.2 Å². The largest absolute Gasteiger partial charge is 0.507 e. The average molecular weight is 429 g/mol. The molecular formula is C22H23NO8. The molecule has 2 aromatic rings. The van der Waals surface area contributed by atoms with Gasteiger partial charge in [0.2, 0.25) is 5.75 Å². The van der Waals surface area contributed by atoms with Crippen molar-refractivity contribution < 1.29 is 38.1 Å². The second-order valence-electron chi connectivity index (χ2n) is 6.81. The zero-order valence-corrected chi connectivity index (χ0v) is 18.1. The van der Waals surface area contributed by atoms with Crippen LogP contribution in [0, 0.1) is 0 Å². The molecule has 0 bridgehead atoms. The standard InChI is InChI=1S/C22H23NO8/c1-23(2)10-16-18(17-12(24)9-13(27-3)20(26)22(17)31-16)19(25)11-7-14(28-4)21(30-6)15(8-11)29-5/h7-10,25H,1-6H3. The monoisotopic (exact) mass is 429 g/mol. The second-order valence-corrected chi connectivity index (χ2v) is 6.81. The van der Waals surface area contributed by atoms with Crippen LogP contribution >= 0.6 is 0 Å². The summed E-state index contributed by atoms with van der Waals surface area (Å²) in [7, 11) is 9.13. The van der Waals surface area contributed by atoms with Gasteiger partial charge in [-0.1, -0.05) is 0 Å². The van der Waals surface area contributed by atoms with E-state index in [1.54, 1.807) is 25.2 Å². The Kier molecular flexibility index (Phi) is 5.96. The Bertz CT molecular complexity index is 1180. The number of ether oxygens (including phenoxy) is 4. The fourth-order valence-corrected chi connectivity index (χ4v) is 3.29. The number of allylic oxidation sites excluding steroid dienone is 2. The molecule has 1 aromatic carbocycles. The summed E-state index contributed by atoms with van der Waals surface area (Å²) in [6.45, 7) is 0. The van der Waals surface area contributed by atoms with Crippen LogP contribution in [0.5, 0.6) is 17.2 Å². The summed E-state index contributed by atoms with van der Waals surface area (Å²) in [5, 5.41) is 11.3. The van der Waals surface area contributed by atoms with E-state index in [9.17, 15) is 14.7 Å². The van der Waals surface area contributed by atoms with Crippen molar-refractivity contribution in [1.82, 2.24) is 4.90 Å². The first-order valence-corrected chi connectivity index (χ1v) is 9.16. The third-order valence-corrected chi connectivity index (χ3v) is 4.64. The van der Waals surface area contributed by atoms with Crippen molar-refractivity contribution in [3.05, 3.63) is 51.5 Å². The zero-order chi connectivity index (χ0) is 22.9. The summed E-state index contributed by atoms with van der Waals surface area (Å²) < 4.78 is 26.7. The van der Waals surface area contributed by atoms with Gasteiger partial charge in [-0.05, 0) is 12.1 Å². The number of aliphatic hydroxyl groups is 1. The van der Waals surface area contributed by atoms with Gasteiger partial charge in [-0.25, -0.2) is 0 Å². The minimum absolute atomic E-state index is 0.0508. The second kappa shape index (κ2) is 8.47. The summed E-state index contributed by atoms with van der Waals surface area (Å²) in [6, 6.07) is 3.06. The number of carbonyl (C=O) groups excluding carboxylic acids is 2. The molecule has 9 nitrogen and oxygen atoms in total. The number of hydrogen-bond acceptors (Lipinski definition) is 9. The summed E-state index contributed by atoms with van der Waals surface area (Å²) in [6.07, 6.45) is 2.63. The van der Waals surface area contributed by atoms with Crippen LogP contribution in [0.1, 0.15) is 26.5 Å². The number of ketones is 2. The van der Waals surface area contributed by atoms with Crippen LogP contribution in [0.2, 0.25) is 0 Å². The molecule has 0 amide bonds. The van der Waals surface area contributed by atoms with Crippen molar-refractivity contribution in [1.29, 1.82) is 0 Å². The zero-order valence-electron chi connectivity index (χ0n) is 18.1. The van der Waals surface area contributed by atoms with Crippen molar-refractivity contribution in [2.24, 2.45) is 0 Å². The van der Waals surface area contributed by atoms with Gasteiger partial charge in [-0.2, -0.15) is 0 Å². The van der Waals surface area contributed by atoms with Gasteiger partial charge in [0.25, 0.3) is 5.78 Å². The van der Waals surface area contributed by atoms with Gasteiger partial charge in [0.1, 0.15) is 5.76 Å². The lowest BCUT2D eigenvalue weighted by Crippen LogP contribution is -2.31. The summed E-state index contributed by atoms with van der Waals surface area (Å²) >= 11 is 0. The number of furan rings is 1. The number of nitrogens with zero attached hydrogens (tertiary/aromatic N) is 1. The van der Waals surface area contributed by atoms with Crippen molar-refractivity contribution >= 4 is 23.5 Å². The number of benzene rings is 1. The molecule has 9 heteroatoms. The van der Waals surface area contributed by atoms with Crippen LogP contribution in [0.15, 0.2) is 28.4 Å². The fraction of sp³-hybridized carbons (Fsp3) is 0.273. The molecule has 0 fully saturated rings. The lowest BCUT2D eigenvalue weighted by atomic mass is 9.98. The van der Waals surface area contributed by atoms with Gasteiger partial charge in [0.15, 0.2) is 34.2 Å². The van der Waals surface area contributed by atoms with Gasteiger partial charge >= 0.3 is 0 Å². The fourth-order valence-electron chi connectivity index (χ4n) is 3.29. The lowest BCUT2D eigenvalue weighted by Gasteiger charge is -2.14. The van der Waals surface area contributed by atoms with Crippen LogP contribution in [-0.2, 0) is 4.74 Å². The summed E-state index contributed by atoms with van der Waals surface area (Å²) in [5.41, 5.74) is 0.354. The smallest absolute Gasteiger partial charge is 0.263 e. The third kappa shape index (κ3) is 3.70. The maximum absolute atomic E-state index is 12.8. The van der Waals surface area contributed by atoms with Crippen LogP contribution in [0.3, 0.4) is 0 Å². The van der Waals surface area contributed by atoms with Crippen molar-refractivity contribution in [3.63, 3.8) is 0 Å². The Balaban J connectivity index is 2.43. The van der Waals surface area contributed by atoms with E-state index >= 15 is 0 Å². The van der Waals surface area contributed by atoms with E-state index in [1.165, 1.54) is 40.6 Å². The molecule has 0 saturated heterocycles. The third-order valence-electron chi connectivity index (χ3n) is 4.64. The van der Waals surface area contributed by atoms with Crippen molar-refractivity contribution in [2.75, 3.05) is 42.5 Å². The van der Waals surface area contributed by atoms with Crippen molar-refractivity contribution in [2.45, 2.75) is 0 Å². The predicted octanol–water partition coefficient (Wildman–Crippen LogP) is 1.23. The van der Waals surface area contributed by atoms with Crippen LogP contribution < -0.4 is 24.8 Å². The van der Waals surface area contributed by atoms with Gasteiger partial charge < -0.3 is 33.4 Å². The van der Waals surface area contributed by atoms with E-state index in [2.05, 4.69) is 0 Å². The number of hydrogen-bond donors (Lipinski definition) is 1. The molecule has 0 radical (unpaired) electrons. The van der Waals surface area contributed by atoms with E-state index in [4.69, 9.17) is 23.4 Å². The van der Waals surface area contributed by atoms with Gasteiger partial charge in [0, 0.05) is 31.9 Å². The molecule has 164 valence electrons. The summed E-state index contributed by atoms with van der Waals surface area (Å²) in [4.78, 5) is 27.1. The Morgan fingerprint density at radius 2 is 1.61 bits per heavy atom. The number of carbonyl (C=O) groups is 2. The number of Topliss-reactive ketones (excluding diaryl/α,β-unsaturated/α-hetero) is 1. The first-order chi connectivity index (χ1) is 14.8. The van der Waals surface area contributed by atoms with E-state index in [-0.39, 0.29) is 39.0 Å². The molecule has 0 atom stereocenters. The van der Waals surface area contributed by atoms with E-state index < -0.39 is 11.6 Å². The molecule has 31 heavy (non-hydrogen) atoms. The molecule has 0 saturated carbocycles. The Hall–Kier alpha value is -3.88. The van der Waals surface area contributed by atoms with Crippen molar-refractivity contribution in [3.8, 4) is 17.2 Å². The summed E-state index contributed by atoms with van der Waals surface area (Å²) in [5.74, 6) is -0.793. The lowest BCUT2D eigenvalue weighted by molar-refractivity contribution is 0.0890. The first-order valence-electron chi connectivity index (χ1n) is 9.16. The molecule has 1 aromatic heterocycles. The normalized spacial score (nSPS) is 14.6. The molecule has 1 heterocycles. The predicted molar refractivity (Wildman–Crippen MR) is 111 cm³/mol. The molecule has 0 spiro atoms. The number of fused-ring (bicyclic) bond motifs is 1. The maximum atomic E-state index is 12.8. The molecule has 0 aliphatic heterocycles. The number of methoxy groups -OCH3 is 4. The highest BCUT2D eigenvalue weighted by atomic mass is 16.5. The number of aliphatic hydroxyl groups excluding tert-OH is 1. The Morgan fingerprint density at radius 3 is 2.10 bits per heavy atom. The highest BCUT2D eigenvalue weighted by molar-refractivity contribution is 6.22. The number of rotatable bonds is 6. The quantitative estimate of drug-likeness (QED) is 0.725. The molecule has 3 rings (SSSR count). The Morgan fingerprint density at radius 1 is 1.00 bits per heavy atom. The van der Waals surface area contributed by atoms with Gasteiger partial charge in [-0.15, -0.1) is 0 Å². The topological polar surface area (TPSA) is 108 Å². The molecule has 0 unspecified atom stereocenters. The van der Waals surface area contributed by atoms with E-state index in [1.807, 2.05) is 0 Å². The van der Waals surface area contributed by atoms with Crippen LogP contribution in [-0.4, -0.2) is 64.1 Å². The average Bonchev–Trinajstić information content (AvgIpc) is 3.13. The van der Waals surface area contributed by atoms with Gasteiger partial charge in [-0.3, -0.25) is 9.59 Å². The van der Waals surface area contributed by atoms with E-state index in [0.29, 0.717) is 17.2 Å². The minimum atomic E-state index is -0.588. The van der Waals surface area contributed by atoms with E-state index in [0.717, 1.165) is 6.08 Å². The highest BCUT2D eigenvalue weighted by Gasteiger charge is 2.33. The highest BCUT2D eigenvalue weighted by Crippen LogP contribution is 2.39. The first kappa shape index (κ1) is 21.8. The maximum Gasteiger partial charge on any atom is 0.263 e. The molecular weight excluding hydrogens is 406 g/mol. The molecule has 1 N–H and O–H groups in total. The SMILES string of the molecule is COC1=CC(=O)c2c(oc(=CN(C)C)c2=C(O)c2cc(OC)c(OC)c(OC)c2)C1=O. The Labute approximate surface area is 178 Å². The van der Waals surface area contributed by atoms with Crippen LogP contribution in [0.25, 0.3) is 12.0 Å². The molecule has 1 aliphatic rings. The van der Waals surface area contributed by atoms with Crippen LogP contribution in [0.4, 0.5) is 0 Å².